The van der Waals surface area contributed by atoms with Gasteiger partial charge in [-0.05, 0) is 51.5 Å². The van der Waals surface area contributed by atoms with Gasteiger partial charge < -0.3 is 4.52 Å². The second-order valence-corrected chi connectivity index (χ2v) is 7.50. The fourth-order valence-electron chi connectivity index (χ4n) is 2.73. The van der Waals surface area contributed by atoms with Crippen LogP contribution in [-0.2, 0) is 11.2 Å². The Morgan fingerprint density at radius 2 is 2.08 bits per heavy atom. The van der Waals surface area contributed by atoms with E-state index in [1.807, 2.05) is 32.9 Å². The van der Waals surface area contributed by atoms with Crippen LogP contribution in [0.2, 0.25) is 5.02 Å². The molecular weight excluding hydrogens is 358 g/mol. The van der Waals surface area contributed by atoms with Gasteiger partial charge in [-0.2, -0.15) is 0 Å². The number of carbonyl (C=O) groups excluding carboxylic acids is 1. The molecule has 0 N–H and O–H groups in total. The van der Waals surface area contributed by atoms with Crippen LogP contribution in [0, 0.1) is 13.8 Å². The Kier molecular flexibility index (Phi) is 5.49. The number of amides is 1. The van der Waals surface area contributed by atoms with Crippen molar-refractivity contribution in [1.29, 1.82) is 0 Å². The number of benzene rings is 1. The van der Waals surface area contributed by atoms with Crippen LogP contribution >= 0.6 is 23.4 Å². The lowest BCUT2D eigenvalue weighted by Crippen LogP contribution is -2.34. The summed E-state index contributed by atoms with van der Waals surface area (Å²) in [6, 6.07) is 7.49. The SMILES string of the molecule is Cc1noc(C)c1CCC(=O)N(C1=NC(C)CS1)c1ccc(Cl)cc1. The summed E-state index contributed by atoms with van der Waals surface area (Å²) < 4.78 is 5.18. The molecule has 0 spiro atoms. The van der Waals surface area contributed by atoms with Gasteiger partial charge in [-0.15, -0.1) is 0 Å². The average Bonchev–Trinajstić information content (AvgIpc) is 3.14. The predicted molar refractivity (Wildman–Crippen MR) is 103 cm³/mol. The number of aliphatic imine (C=N–C) groups is 1. The van der Waals surface area contributed by atoms with Crippen LogP contribution in [0.4, 0.5) is 5.69 Å². The third-order valence-corrected chi connectivity index (χ3v) is 5.53. The first-order chi connectivity index (χ1) is 12.0. The predicted octanol–water partition coefficient (Wildman–Crippen LogP) is 4.40. The molecule has 0 saturated carbocycles. The molecule has 0 bridgehead atoms. The normalized spacial score (nSPS) is 16.8. The van der Waals surface area contributed by atoms with Crippen LogP contribution in [0.25, 0.3) is 0 Å². The molecule has 0 radical (unpaired) electrons. The first-order valence-electron chi connectivity index (χ1n) is 8.16. The number of amidine groups is 1. The highest BCUT2D eigenvalue weighted by Crippen LogP contribution is 2.28. The molecule has 1 atom stereocenters. The molecule has 1 aromatic heterocycles. The van der Waals surface area contributed by atoms with Crippen LogP contribution < -0.4 is 4.90 Å². The van der Waals surface area contributed by atoms with Crippen molar-refractivity contribution in [3.8, 4) is 0 Å². The zero-order chi connectivity index (χ0) is 18.0. The molecule has 1 aromatic carbocycles. The topological polar surface area (TPSA) is 58.7 Å². The average molecular weight is 378 g/mol. The second-order valence-electron chi connectivity index (χ2n) is 6.08. The Morgan fingerprint density at radius 3 is 2.64 bits per heavy atom. The highest BCUT2D eigenvalue weighted by molar-refractivity contribution is 8.14. The molecular formula is C18H20ClN3O2S. The van der Waals surface area contributed by atoms with E-state index in [1.165, 1.54) is 0 Å². The Morgan fingerprint density at radius 1 is 1.36 bits per heavy atom. The van der Waals surface area contributed by atoms with Gasteiger partial charge in [0, 0.05) is 22.8 Å². The molecule has 0 aliphatic carbocycles. The van der Waals surface area contributed by atoms with Crippen LogP contribution in [-0.4, -0.2) is 28.0 Å². The number of nitrogens with zero attached hydrogens (tertiary/aromatic N) is 3. The number of thioether (sulfide) groups is 1. The van der Waals surface area contributed by atoms with Gasteiger partial charge in [0.05, 0.1) is 17.4 Å². The second kappa shape index (κ2) is 7.62. The van der Waals surface area contributed by atoms with Crippen molar-refractivity contribution in [2.45, 2.75) is 39.7 Å². The summed E-state index contributed by atoms with van der Waals surface area (Å²) in [6.45, 7) is 5.82. The molecule has 3 rings (SSSR count). The van der Waals surface area contributed by atoms with Crippen molar-refractivity contribution in [2.24, 2.45) is 4.99 Å². The fourth-order valence-corrected chi connectivity index (χ4v) is 3.92. The molecule has 5 nitrogen and oxygen atoms in total. The van der Waals surface area contributed by atoms with E-state index in [2.05, 4.69) is 10.1 Å². The summed E-state index contributed by atoms with van der Waals surface area (Å²) in [5.74, 6) is 1.66. The summed E-state index contributed by atoms with van der Waals surface area (Å²) in [4.78, 5) is 19.3. The van der Waals surface area contributed by atoms with Gasteiger partial charge in [-0.1, -0.05) is 28.5 Å². The monoisotopic (exact) mass is 377 g/mol. The van der Waals surface area contributed by atoms with Gasteiger partial charge in [-0.3, -0.25) is 14.7 Å². The summed E-state index contributed by atoms with van der Waals surface area (Å²) in [6.07, 6.45) is 0.955. The van der Waals surface area contributed by atoms with Gasteiger partial charge >= 0.3 is 0 Å². The number of carbonyl (C=O) groups is 1. The van der Waals surface area contributed by atoms with Gasteiger partial charge in [-0.25, -0.2) is 0 Å². The molecule has 1 unspecified atom stereocenters. The van der Waals surface area contributed by atoms with Gasteiger partial charge in [0.1, 0.15) is 5.76 Å². The number of hydrogen-bond acceptors (Lipinski definition) is 5. The molecule has 0 fully saturated rings. The first kappa shape index (κ1) is 18.0. The Bertz CT molecular complexity index is 782. The number of hydrogen-bond donors (Lipinski definition) is 0. The van der Waals surface area contributed by atoms with Crippen molar-refractivity contribution in [3.63, 3.8) is 0 Å². The Balaban J connectivity index is 1.82. The maximum absolute atomic E-state index is 13.0. The summed E-state index contributed by atoms with van der Waals surface area (Å²) in [7, 11) is 0. The van der Waals surface area contributed by atoms with Crippen LogP contribution in [0.15, 0.2) is 33.8 Å². The summed E-state index contributed by atoms with van der Waals surface area (Å²) in [5.41, 5.74) is 2.62. The molecule has 0 saturated heterocycles. The minimum Gasteiger partial charge on any atom is -0.361 e. The van der Waals surface area contributed by atoms with E-state index in [4.69, 9.17) is 16.1 Å². The largest absolute Gasteiger partial charge is 0.361 e. The highest BCUT2D eigenvalue weighted by atomic mass is 35.5. The third kappa shape index (κ3) is 4.07. The number of aromatic nitrogens is 1. The van der Waals surface area contributed by atoms with E-state index < -0.39 is 0 Å². The number of aryl methyl sites for hydroxylation is 2. The number of rotatable bonds is 4. The molecule has 1 amide bonds. The lowest BCUT2D eigenvalue weighted by molar-refractivity contribution is -0.117. The van der Waals surface area contributed by atoms with Crippen molar-refractivity contribution in [2.75, 3.05) is 10.7 Å². The zero-order valence-electron chi connectivity index (χ0n) is 14.5. The van der Waals surface area contributed by atoms with E-state index >= 15 is 0 Å². The molecule has 132 valence electrons. The summed E-state index contributed by atoms with van der Waals surface area (Å²) >= 11 is 7.59. The lowest BCUT2D eigenvalue weighted by Gasteiger charge is -2.22. The van der Waals surface area contributed by atoms with E-state index in [0.29, 0.717) is 17.9 Å². The Labute approximate surface area is 156 Å². The Hall–Kier alpha value is -1.79. The molecule has 25 heavy (non-hydrogen) atoms. The van der Waals surface area contributed by atoms with E-state index in [1.54, 1.807) is 28.8 Å². The minimum atomic E-state index is 0.00247. The molecule has 2 aromatic rings. The van der Waals surface area contributed by atoms with E-state index in [-0.39, 0.29) is 11.9 Å². The summed E-state index contributed by atoms with van der Waals surface area (Å²) in [5, 5.41) is 5.34. The van der Waals surface area contributed by atoms with E-state index in [9.17, 15) is 4.79 Å². The quantitative estimate of drug-likeness (QED) is 0.792. The first-order valence-corrected chi connectivity index (χ1v) is 9.53. The van der Waals surface area contributed by atoms with Crippen LogP contribution in [0.1, 0.15) is 30.4 Å². The van der Waals surface area contributed by atoms with Gasteiger partial charge in [0.15, 0.2) is 5.17 Å². The molecule has 1 aliphatic heterocycles. The fraction of sp³-hybridized carbons (Fsp3) is 0.389. The maximum atomic E-state index is 13.0. The molecule has 7 heteroatoms. The highest BCUT2D eigenvalue weighted by Gasteiger charge is 2.27. The van der Waals surface area contributed by atoms with Crippen LogP contribution in [0.3, 0.4) is 0 Å². The molecule has 2 heterocycles. The number of halogens is 1. The minimum absolute atomic E-state index is 0.00247. The van der Waals surface area contributed by atoms with Crippen molar-refractivity contribution in [3.05, 3.63) is 46.3 Å². The zero-order valence-corrected chi connectivity index (χ0v) is 16.0. The van der Waals surface area contributed by atoms with Gasteiger partial charge in [0.25, 0.3) is 0 Å². The van der Waals surface area contributed by atoms with E-state index in [0.717, 1.165) is 33.6 Å². The van der Waals surface area contributed by atoms with Crippen molar-refractivity contribution in [1.82, 2.24) is 5.16 Å². The standard InChI is InChI=1S/C18H20ClN3O2S/c1-11-10-25-18(20-11)22(15-6-4-14(19)5-7-15)17(23)9-8-16-12(2)21-24-13(16)3/h4-7,11H,8-10H2,1-3H3. The maximum Gasteiger partial charge on any atom is 0.233 e. The van der Waals surface area contributed by atoms with Crippen molar-refractivity contribution < 1.29 is 9.32 Å². The lowest BCUT2D eigenvalue weighted by atomic mass is 10.1. The number of anilines is 1. The molecule has 1 aliphatic rings. The third-order valence-electron chi connectivity index (χ3n) is 4.08. The van der Waals surface area contributed by atoms with Crippen LogP contribution in [0.5, 0.6) is 0 Å². The van der Waals surface area contributed by atoms with Crippen molar-refractivity contribution >= 4 is 40.1 Å². The van der Waals surface area contributed by atoms with Gasteiger partial charge in [0.2, 0.25) is 5.91 Å². The smallest absolute Gasteiger partial charge is 0.233 e.